The Balaban J connectivity index is 2.79. The van der Waals surface area contributed by atoms with Crippen LogP contribution in [-0.4, -0.2) is 22.3 Å². The monoisotopic (exact) mass is 189 g/mol. The Labute approximate surface area is 80.6 Å². The number of aliphatic carboxylic acids is 1. The lowest BCUT2D eigenvalue weighted by atomic mass is 10.2. The average Bonchev–Trinajstić information content (AvgIpc) is 2.18. The third-order valence-corrected chi connectivity index (χ3v) is 1.38. The molecule has 0 radical (unpaired) electrons. The molecule has 4 heteroatoms. The molecule has 0 aliphatic carbocycles. The molecule has 14 heavy (non-hydrogen) atoms. The van der Waals surface area contributed by atoms with E-state index < -0.39 is 5.97 Å². The molecule has 1 N–H and O–H groups in total. The van der Waals surface area contributed by atoms with Crippen LogP contribution in [-0.2, 0) is 4.79 Å². The minimum Gasteiger partial charge on any atom is -0.481 e. The first-order valence-corrected chi connectivity index (χ1v) is 3.84. The van der Waals surface area contributed by atoms with Crippen LogP contribution in [0.5, 0.6) is 0 Å². The lowest BCUT2D eigenvalue weighted by molar-refractivity contribution is -0.135. The Bertz CT molecular complexity index is 415. The predicted molar refractivity (Wildman–Crippen MR) is 48.8 cm³/mol. The van der Waals surface area contributed by atoms with Crippen molar-refractivity contribution in [3.63, 3.8) is 0 Å². The lowest BCUT2D eigenvalue weighted by Crippen LogP contribution is -1.91. The standard InChI is InChI=1S/C10H7NO3/c12-7-8-4-5-11-9(6-8)2-1-3-10(13)14/h4-7H,3H2,(H,13,14). The van der Waals surface area contributed by atoms with E-state index in [0.717, 1.165) is 0 Å². The first kappa shape index (κ1) is 9.93. The van der Waals surface area contributed by atoms with Crippen molar-refractivity contribution in [3.05, 3.63) is 29.6 Å². The van der Waals surface area contributed by atoms with Crippen LogP contribution in [0, 0.1) is 11.8 Å². The molecule has 0 unspecified atom stereocenters. The normalized spacial score (nSPS) is 8.57. The van der Waals surface area contributed by atoms with Gasteiger partial charge in [-0.05, 0) is 18.1 Å². The van der Waals surface area contributed by atoms with Crippen molar-refractivity contribution in [2.24, 2.45) is 0 Å². The molecule has 0 spiro atoms. The molecule has 0 amide bonds. The highest BCUT2D eigenvalue weighted by molar-refractivity contribution is 5.75. The first-order chi connectivity index (χ1) is 6.72. The second-order valence-corrected chi connectivity index (χ2v) is 2.46. The van der Waals surface area contributed by atoms with E-state index in [2.05, 4.69) is 16.8 Å². The Kier molecular flexibility index (Phi) is 3.39. The van der Waals surface area contributed by atoms with E-state index in [0.29, 0.717) is 17.5 Å². The highest BCUT2D eigenvalue weighted by Gasteiger charge is 1.93. The molecule has 1 heterocycles. The summed E-state index contributed by atoms with van der Waals surface area (Å²) in [5, 5.41) is 8.31. The van der Waals surface area contributed by atoms with Crippen molar-refractivity contribution in [3.8, 4) is 11.8 Å². The Morgan fingerprint density at radius 3 is 3.07 bits per heavy atom. The Morgan fingerprint density at radius 2 is 2.43 bits per heavy atom. The number of carbonyl (C=O) groups is 2. The average molecular weight is 189 g/mol. The molecule has 0 saturated carbocycles. The number of hydrogen-bond acceptors (Lipinski definition) is 3. The van der Waals surface area contributed by atoms with Gasteiger partial charge in [-0.1, -0.05) is 5.92 Å². The van der Waals surface area contributed by atoms with E-state index in [1.54, 1.807) is 6.07 Å². The Hall–Kier alpha value is -2.15. The van der Waals surface area contributed by atoms with Crippen LogP contribution in [0.15, 0.2) is 18.3 Å². The fraction of sp³-hybridized carbons (Fsp3) is 0.100. The number of hydrogen-bond donors (Lipinski definition) is 1. The van der Waals surface area contributed by atoms with E-state index >= 15 is 0 Å². The summed E-state index contributed by atoms with van der Waals surface area (Å²) in [4.78, 5) is 24.4. The second-order valence-electron chi connectivity index (χ2n) is 2.46. The van der Waals surface area contributed by atoms with Gasteiger partial charge in [-0.25, -0.2) is 4.98 Å². The summed E-state index contributed by atoms with van der Waals surface area (Å²) >= 11 is 0. The van der Waals surface area contributed by atoms with Crippen molar-refractivity contribution in [1.82, 2.24) is 4.98 Å². The number of rotatable bonds is 2. The molecule has 1 aromatic rings. The number of pyridine rings is 1. The highest BCUT2D eigenvalue weighted by Crippen LogP contribution is 1.96. The van der Waals surface area contributed by atoms with Crippen LogP contribution >= 0.6 is 0 Å². The minimum absolute atomic E-state index is 0.229. The van der Waals surface area contributed by atoms with Gasteiger partial charge in [0.25, 0.3) is 0 Å². The van der Waals surface area contributed by atoms with Gasteiger partial charge in [0, 0.05) is 11.8 Å². The number of nitrogens with zero attached hydrogens (tertiary/aromatic N) is 1. The molecule has 0 aromatic carbocycles. The molecular weight excluding hydrogens is 182 g/mol. The third-order valence-electron chi connectivity index (χ3n) is 1.38. The number of aromatic nitrogens is 1. The van der Waals surface area contributed by atoms with E-state index in [4.69, 9.17) is 5.11 Å². The third kappa shape index (κ3) is 3.07. The van der Waals surface area contributed by atoms with Gasteiger partial charge in [-0.2, -0.15) is 0 Å². The molecule has 4 nitrogen and oxygen atoms in total. The smallest absolute Gasteiger partial charge is 0.315 e. The summed E-state index contributed by atoms with van der Waals surface area (Å²) in [5.41, 5.74) is 0.871. The molecular formula is C10H7NO3. The van der Waals surface area contributed by atoms with Gasteiger partial charge in [-0.15, -0.1) is 0 Å². The molecule has 70 valence electrons. The van der Waals surface area contributed by atoms with Gasteiger partial charge in [0.05, 0.1) is 0 Å². The molecule has 1 aromatic heterocycles. The SMILES string of the molecule is O=Cc1ccnc(C#CCC(=O)O)c1. The molecule has 0 saturated heterocycles. The van der Waals surface area contributed by atoms with Crippen molar-refractivity contribution in [2.75, 3.05) is 0 Å². The van der Waals surface area contributed by atoms with Gasteiger partial charge in [0.2, 0.25) is 0 Å². The van der Waals surface area contributed by atoms with Crippen molar-refractivity contribution in [1.29, 1.82) is 0 Å². The van der Waals surface area contributed by atoms with E-state index in [1.165, 1.54) is 12.3 Å². The van der Waals surface area contributed by atoms with E-state index in [1.807, 2.05) is 0 Å². The molecule has 0 aliphatic rings. The van der Waals surface area contributed by atoms with Crippen LogP contribution in [0.2, 0.25) is 0 Å². The summed E-state index contributed by atoms with van der Waals surface area (Å²) in [7, 11) is 0. The maximum absolute atomic E-state index is 10.4. The molecule has 0 atom stereocenters. The van der Waals surface area contributed by atoms with Crippen LogP contribution in [0.25, 0.3) is 0 Å². The molecule has 1 rings (SSSR count). The summed E-state index contributed by atoms with van der Waals surface area (Å²) in [6, 6.07) is 3.05. The molecule has 0 fully saturated rings. The zero-order valence-corrected chi connectivity index (χ0v) is 7.23. The number of aldehydes is 1. The maximum atomic E-state index is 10.4. The summed E-state index contributed by atoms with van der Waals surface area (Å²) in [5.74, 6) is 3.99. The van der Waals surface area contributed by atoms with Crippen LogP contribution in [0.3, 0.4) is 0 Å². The van der Waals surface area contributed by atoms with Gasteiger partial charge < -0.3 is 5.11 Å². The lowest BCUT2D eigenvalue weighted by Gasteiger charge is -1.90. The molecule has 0 bridgehead atoms. The van der Waals surface area contributed by atoms with E-state index in [9.17, 15) is 9.59 Å². The maximum Gasteiger partial charge on any atom is 0.315 e. The fourth-order valence-corrected chi connectivity index (χ4v) is 0.799. The quantitative estimate of drug-likeness (QED) is 0.549. The number of carboxylic acid groups (broad SMARTS) is 1. The molecule has 0 aliphatic heterocycles. The highest BCUT2D eigenvalue weighted by atomic mass is 16.4. The van der Waals surface area contributed by atoms with Crippen LogP contribution in [0.4, 0.5) is 0 Å². The van der Waals surface area contributed by atoms with Gasteiger partial charge >= 0.3 is 5.97 Å². The van der Waals surface area contributed by atoms with Gasteiger partial charge in [0.15, 0.2) is 0 Å². The van der Waals surface area contributed by atoms with Gasteiger partial charge in [0.1, 0.15) is 18.4 Å². The number of carboxylic acids is 1. The zero-order chi connectivity index (χ0) is 10.4. The van der Waals surface area contributed by atoms with Crippen molar-refractivity contribution < 1.29 is 14.7 Å². The Morgan fingerprint density at radius 1 is 1.64 bits per heavy atom. The van der Waals surface area contributed by atoms with Gasteiger partial charge in [-0.3, -0.25) is 9.59 Å². The second kappa shape index (κ2) is 4.77. The fourth-order valence-electron chi connectivity index (χ4n) is 0.799. The van der Waals surface area contributed by atoms with Crippen LogP contribution < -0.4 is 0 Å². The summed E-state index contributed by atoms with van der Waals surface area (Å²) in [6.45, 7) is 0. The first-order valence-electron chi connectivity index (χ1n) is 3.84. The minimum atomic E-state index is -0.982. The number of carbonyl (C=O) groups excluding carboxylic acids is 1. The summed E-state index contributed by atoms with van der Waals surface area (Å²) < 4.78 is 0. The van der Waals surface area contributed by atoms with Crippen LogP contribution in [0.1, 0.15) is 22.5 Å². The largest absolute Gasteiger partial charge is 0.481 e. The topological polar surface area (TPSA) is 67.3 Å². The van der Waals surface area contributed by atoms with E-state index in [-0.39, 0.29) is 6.42 Å². The zero-order valence-electron chi connectivity index (χ0n) is 7.23. The predicted octanol–water partition coefficient (Wildman–Crippen LogP) is 0.720. The van der Waals surface area contributed by atoms with Crippen molar-refractivity contribution >= 4 is 12.3 Å². The summed E-state index contributed by atoms with van der Waals surface area (Å²) in [6.07, 6.45) is 1.91. The van der Waals surface area contributed by atoms with Crippen molar-refractivity contribution in [2.45, 2.75) is 6.42 Å².